The minimum absolute atomic E-state index is 0. The Bertz CT molecular complexity index is 3630. The van der Waals surface area contributed by atoms with Crippen molar-refractivity contribution in [2.75, 3.05) is 28.6 Å². The van der Waals surface area contributed by atoms with Gasteiger partial charge in [-0.1, -0.05) is 58.3 Å². The molecule has 0 bridgehead atoms. The van der Waals surface area contributed by atoms with Crippen LogP contribution in [0.25, 0.3) is 30.6 Å². The SMILES string of the molecule is Cl.ClCSc1ccc(Cl)cc1.N#Cc1nc2ccc(O)cc2s1.N#Cc1nc2ccc(OCSc3ccc(Cl)cc3)cc2s1.N[C@H](CS)C(=O)O.O=C(O)[C@H]1CSC(c2nc3ccc(OCSc4ccc(Cl)cc4)cc3s2)=N1.O=CO[O-].[H-].[K+].[K+]. The number of thiol groups is 1. The number of carbonyl (C=O) groups excluding carboxylic acids is 1. The second kappa shape index (κ2) is 42.7. The molecule has 4 heterocycles. The summed E-state index contributed by atoms with van der Waals surface area (Å²) in [6.45, 7) is -0.181. The van der Waals surface area contributed by atoms with Gasteiger partial charge in [0.05, 0.1) is 35.9 Å². The van der Waals surface area contributed by atoms with Gasteiger partial charge in [0.15, 0.2) is 16.1 Å². The molecule has 0 fully saturated rings. The van der Waals surface area contributed by atoms with Gasteiger partial charge in [-0.25, -0.2) is 19.7 Å². The number of ether oxygens (including phenoxy) is 2. The van der Waals surface area contributed by atoms with Crippen molar-refractivity contribution >= 4 is 207 Å². The van der Waals surface area contributed by atoms with Crippen molar-refractivity contribution in [2.45, 2.75) is 26.8 Å². The van der Waals surface area contributed by atoms with Crippen LogP contribution in [0.1, 0.15) is 16.4 Å². The smallest absolute Gasteiger partial charge is 1.00 e. The van der Waals surface area contributed by atoms with Crippen molar-refractivity contribution in [3.63, 3.8) is 0 Å². The summed E-state index contributed by atoms with van der Waals surface area (Å²) >= 11 is 36.9. The Kier molecular flexibility index (Phi) is 39.6. The number of alkyl halides is 1. The van der Waals surface area contributed by atoms with E-state index in [2.05, 4.69) is 43.5 Å². The van der Waals surface area contributed by atoms with Gasteiger partial charge in [0, 0.05) is 41.3 Å². The summed E-state index contributed by atoms with van der Waals surface area (Å²) in [4.78, 5) is 52.4. The Morgan fingerprint density at radius 2 is 1.14 bits per heavy atom. The topological polar surface area (TPSA) is 287 Å². The molecule has 0 saturated carbocycles. The van der Waals surface area contributed by atoms with Crippen LogP contribution < -0.4 is 123 Å². The van der Waals surface area contributed by atoms with Crippen LogP contribution in [-0.2, 0) is 19.3 Å². The van der Waals surface area contributed by atoms with E-state index < -0.39 is 24.0 Å². The van der Waals surface area contributed by atoms with Crippen molar-refractivity contribution in [3.05, 3.63) is 157 Å². The zero-order chi connectivity index (χ0) is 58.7. The first-order valence-corrected chi connectivity index (χ1v) is 31.2. The third kappa shape index (κ3) is 27.7. The van der Waals surface area contributed by atoms with Crippen LogP contribution in [0.4, 0.5) is 0 Å². The largest absolute Gasteiger partial charge is 1.00 e. The van der Waals surface area contributed by atoms with Crippen LogP contribution in [-0.4, -0.2) is 94.4 Å². The fraction of sp³-hybridized carbons (Fsp3) is 0.135. The number of thiazole rings is 3. The van der Waals surface area contributed by atoms with E-state index in [1.165, 1.54) is 45.8 Å². The number of thioether (sulfide) groups is 4. The third-order valence-corrected chi connectivity index (χ3v) is 17.4. The molecule has 2 atom stereocenters. The van der Waals surface area contributed by atoms with E-state index in [0.29, 0.717) is 42.9 Å². The molecule has 0 aliphatic carbocycles. The molecule has 9 aromatic rings. The molecular weight excluding hydrogens is 1390 g/mol. The van der Waals surface area contributed by atoms with Crippen molar-refractivity contribution in [3.8, 4) is 29.4 Å². The monoisotopic (exact) mass is 1430 g/mol. The third-order valence-electron chi connectivity index (χ3n) is 9.52. The van der Waals surface area contributed by atoms with Crippen LogP contribution in [0.5, 0.6) is 17.2 Å². The molecular formula is C52H42Cl5K2N7O10S8. The van der Waals surface area contributed by atoms with Crippen LogP contribution >= 0.6 is 152 Å². The standard InChI is InChI=1S/C18H13ClN2O3S3.C15H9ClN2OS2.C8H4N2OS.C7H6Cl2S.C3H7NO2S.CH2O3.ClH.2K.H/c19-10-1-4-12(5-2-10)26-9-24-11-3-6-13-15(7-11)27-17(20-13)16-21-14(8-25-16)18(22)23;16-10-1-4-12(5-2-10)20-9-19-11-3-6-13-14(7-11)21-15(8-17)18-13;9-4-8-10-6-2-1-5(11)3-7(6)12-8;8-5-10-7-3-1-6(9)2-4-7;4-2(1-7)3(5)6;2-1-4-3;;;;/h1-7,14H,8-9H2,(H,22,23);1-7H,9H2;1-3,11H;1-4H,5H2;2,7H,1,4H2,(H,5,6);1,3H;1H;;;/q;;;;;;;2*+1;-1/p-1/t14-;;;;2-;;;;;/m1...1...../s1. The van der Waals surface area contributed by atoms with Gasteiger partial charge in [-0.2, -0.15) is 23.2 Å². The van der Waals surface area contributed by atoms with Crippen LogP contribution in [0.3, 0.4) is 0 Å². The molecule has 32 heteroatoms. The van der Waals surface area contributed by atoms with E-state index in [-0.39, 0.29) is 135 Å². The fourth-order valence-corrected chi connectivity index (χ4v) is 12.1. The Balaban J connectivity index is 0.000000553. The van der Waals surface area contributed by atoms with Crippen LogP contribution in [0, 0.1) is 22.7 Å². The number of phenolic OH excluding ortho intramolecular Hbond substituents is 1. The van der Waals surface area contributed by atoms with Gasteiger partial charge in [0.2, 0.25) is 0 Å². The van der Waals surface area contributed by atoms with E-state index in [9.17, 15) is 9.59 Å². The number of aromatic nitrogens is 3. The first-order valence-electron chi connectivity index (χ1n) is 22.5. The number of aliphatic carboxylic acids is 2. The molecule has 17 nitrogen and oxygen atoms in total. The van der Waals surface area contributed by atoms with Crippen LogP contribution in [0.2, 0.25) is 15.1 Å². The van der Waals surface area contributed by atoms with E-state index in [4.69, 9.17) is 97.5 Å². The van der Waals surface area contributed by atoms with Gasteiger partial charge in [0.1, 0.15) is 57.4 Å². The van der Waals surface area contributed by atoms with Gasteiger partial charge in [-0.15, -0.1) is 81.5 Å². The molecule has 0 unspecified atom stereocenters. The van der Waals surface area contributed by atoms with Crippen molar-refractivity contribution in [1.82, 2.24) is 15.0 Å². The van der Waals surface area contributed by atoms with E-state index in [1.807, 2.05) is 115 Å². The van der Waals surface area contributed by atoms with Gasteiger partial charge in [-0.3, -0.25) is 14.6 Å². The Morgan fingerprint density at radius 1 is 0.726 bits per heavy atom. The number of nitrogens with zero attached hydrogens (tertiary/aromatic N) is 6. The molecule has 0 radical (unpaired) electrons. The second-order valence-electron chi connectivity index (χ2n) is 15.0. The summed E-state index contributed by atoms with van der Waals surface area (Å²) in [6.07, 6.45) is 0. The minimum Gasteiger partial charge on any atom is -1.00 e. The molecule has 84 heavy (non-hydrogen) atoms. The molecule has 5 N–H and O–H groups in total. The van der Waals surface area contributed by atoms with Gasteiger partial charge in [0.25, 0.3) is 6.47 Å². The number of nitrogens with two attached hydrogens (primary N) is 1. The summed E-state index contributed by atoms with van der Waals surface area (Å²) in [5, 5.41) is 57.1. The predicted octanol–water partition coefficient (Wildman–Crippen LogP) is 7.78. The number of phenols is 1. The molecule has 3 aromatic heterocycles. The number of aromatic hydroxyl groups is 1. The predicted molar refractivity (Wildman–Crippen MR) is 339 cm³/mol. The number of aliphatic imine (C=N–C) groups is 1. The molecule has 1 aliphatic heterocycles. The zero-order valence-electron chi connectivity index (χ0n) is 44.6. The van der Waals surface area contributed by atoms with E-state index in [1.54, 1.807) is 53.5 Å². The van der Waals surface area contributed by atoms with Crippen molar-refractivity contribution in [2.24, 2.45) is 10.7 Å². The van der Waals surface area contributed by atoms with Crippen LogP contribution in [0.15, 0.2) is 147 Å². The molecule has 6 aromatic carbocycles. The number of rotatable bonds is 15. The maximum absolute atomic E-state index is 11.1. The average Bonchev–Trinajstić information content (AvgIpc) is 4.38. The number of halogens is 5. The van der Waals surface area contributed by atoms with Gasteiger partial charge in [-0.05, 0) is 127 Å². The van der Waals surface area contributed by atoms with Crippen molar-refractivity contribution < 1.29 is 154 Å². The molecule has 1 aliphatic rings. The first-order chi connectivity index (χ1) is 39.0. The Hall–Kier alpha value is -2.16. The maximum atomic E-state index is 11.1. The molecule has 0 amide bonds. The number of hydrogen-bond acceptors (Lipinski definition) is 23. The summed E-state index contributed by atoms with van der Waals surface area (Å²) in [5.74, 6) is 1.49. The van der Waals surface area contributed by atoms with Gasteiger partial charge < -0.3 is 42.1 Å². The Labute approximate surface area is 628 Å². The number of carbonyl (C=O) groups is 3. The molecule has 10 rings (SSSR count). The summed E-state index contributed by atoms with van der Waals surface area (Å²) < 4.78 is 14.3. The first kappa shape index (κ1) is 77.9. The minimum atomic E-state index is -1.00. The van der Waals surface area contributed by atoms with E-state index >= 15 is 0 Å². The average molecular weight is 1440 g/mol. The fourth-order valence-electron chi connectivity index (χ4n) is 5.77. The number of fused-ring (bicyclic) bond motifs is 3. The number of benzene rings is 6. The summed E-state index contributed by atoms with van der Waals surface area (Å²) in [6, 6.07) is 41.7. The van der Waals surface area contributed by atoms with Crippen molar-refractivity contribution in [1.29, 1.82) is 10.5 Å². The number of nitriles is 2. The number of carboxylic acid groups (broad SMARTS) is 2. The number of hydrogen-bond donors (Lipinski definition) is 5. The molecule has 0 saturated heterocycles. The van der Waals surface area contributed by atoms with E-state index in [0.717, 1.165) is 71.9 Å². The summed E-state index contributed by atoms with van der Waals surface area (Å²) in [7, 11) is 0. The van der Waals surface area contributed by atoms with Gasteiger partial charge >= 0.3 is 115 Å². The Morgan fingerprint density at radius 3 is 1.52 bits per heavy atom. The molecule has 430 valence electrons. The zero-order valence-corrected chi connectivity index (χ0v) is 60.3. The molecule has 0 spiro atoms. The maximum Gasteiger partial charge on any atom is 1.00 e. The second-order valence-corrected chi connectivity index (χ2v) is 24.4. The normalized spacial score (nSPS) is 11.9. The quantitative estimate of drug-likeness (QED) is 0.00957. The summed E-state index contributed by atoms with van der Waals surface area (Å²) in [5.41, 5.74) is 7.38. The number of carboxylic acids is 2.